The maximum Gasteiger partial charge on any atom is 0.179 e. The summed E-state index contributed by atoms with van der Waals surface area (Å²) in [4.78, 5) is 6.23. The summed E-state index contributed by atoms with van der Waals surface area (Å²) in [5, 5.41) is 52.0. The van der Waals surface area contributed by atoms with Crippen molar-refractivity contribution in [2.24, 2.45) is 10.2 Å². The molecule has 2 atom stereocenters. The van der Waals surface area contributed by atoms with E-state index in [9.17, 15) is 23.7 Å². The lowest BCUT2D eigenvalue weighted by molar-refractivity contribution is 0.0873. The number of rotatable bonds is 16. The van der Waals surface area contributed by atoms with Gasteiger partial charge in [0.1, 0.15) is 5.69 Å². The van der Waals surface area contributed by atoms with Gasteiger partial charge in [-0.05, 0) is 45.0 Å². The van der Waals surface area contributed by atoms with Crippen molar-refractivity contribution >= 4 is 38.5 Å². The standard InChI is InChI=1S/C24H39N7O6S/c1-16(34)14-31(15-17(2)35)10-13-38(36,37)20-6-4-19(5-7-20)29-30-22-18(3)21(25)23(26-8-11-32)28-24(22)27-9-12-33/h4-7,16-17,32-35H,8-15,25H2,1-3H3,(H2,26,27,28). The van der Waals surface area contributed by atoms with E-state index in [1.165, 1.54) is 24.3 Å². The molecule has 2 aromatic rings. The molecule has 0 saturated heterocycles. The molecule has 0 bridgehead atoms. The van der Waals surface area contributed by atoms with Crippen molar-refractivity contribution in [2.75, 3.05) is 68.1 Å². The third-order valence-corrected chi connectivity index (χ3v) is 7.16. The Kier molecular flexibility index (Phi) is 12.3. The Hall–Kier alpha value is -2.88. The lowest BCUT2D eigenvalue weighted by atomic mass is 10.2. The molecule has 0 saturated carbocycles. The van der Waals surface area contributed by atoms with Crippen molar-refractivity contribution in [2.45, 2.75) is 37.9 Å². The molecule has 0 fully saturated rings. The van der Waals surface area contributed by atoms with E-state index in [1.54, 1.807) is 25.7 Å². The molecule has 212 valence electrons. The number of nitrogens with one attached hydrogen (secondary N) is 2. The zero-order valence-corrected chi connectivity index (χ0v) is 22.8. The third-order valence-electron chi connectivity index (χ3n) is 5.45. The van der Waals surface area contributed by atoms with Gasteiger partial charge in [-0.25, -0.2) is 13.4 Å². The molecule has 2 rings (SSSR count). The predicted molar refractivity (Wildman–Crippen MR) is 147 cm³/mol. The predicted octanol–water partition coefficient (Wildman–Crippen LogP) is 1.03. The minimum atomic E-state index is -3.61. The van der Waals surface area contributed by atoms with E-state index in [4.69, 9.17) is 10.8 Å². The summed E-state index contributed by atoms with van der Waals surface area (Å²) >= 11 is 0. The molecular weight excluding hydrogens is 514 g/mol. The Labute approximate surface area is 223 Å². The average Bonchev–Trinajstić information content (AvgIpc) is 2.86. The molecule has 8 N–H and O–H groups in total. The molecule has 0 radical (unpaired) electrons. The summed E-state index contributed by atoms with van der Waals surface area (Å²) in [5.74, 6) is 0.535. The second-order valence-corrected chi connectivity index (χ2v) is 11.1. The fraction of sp³-hybridized carbons (Fsp3) is 0.542. The van der Waals surface area contributed by atoms with E-state index in [-0.39, 0.29) is 56.6 Å². The highest BCUT2D eigenvalue weighted by molar-refractivity contribution is 7.91. The Balaban J connectivity index is 2.22. The number of nitrogens with zero attached hydrogens (tertiary/aromatic N) is 4. The smallest absolute Gasteiger partial charge is 0.179 e. The first-order valence-corrected chi connectivity index (χ1v) is 14.0. The molecule has 0 spiro atoms. The van der Waals surface area contributed by atoms with E-state index in [2.05, 4.69) is 25.8 Å². The number of sulfone groups is 1. The van der Waals surface area contributed by atoms with Crippen LogP contribution in [-0.4, -0.2) is 103 Å². The molecule has 14 heteroatoms. The molecule has 0 amide bonds. The van der Waals surface area contributed by atoms with Crippen LogP contribution in [0.15, 0.2) is 39.4 Å². The van der Waals surface area contributed by atoms with E-state index in [0.29, 0.717) is 34.3 Å². The van der Waals surface area contributed by atoms with Gasteiger partial charge in [-0.2, -0.15) is 5.11 Å². The Morgan fingerprint density at radius 1 is 0.974 bits per heavy atom. The van der Waals surface area contributed by atoms with E-state index in [1.807, 2.05) is 0 Å². The van der Waals surface area contributed by atoms with Gasteiger partial charge in [0, 0.05) is 38.3 Å². The number of nitrogens with two attached hydrogens (primary N) is 1. The first-order valence-electron chi connectivity index (χ1n) is 12.3. The molecule has 1 aromatic heterocycles. The maximum atomic E-state index is 12.9. The number of nitrogen functional groups attached to an aromatic ring is 1. The highest BCUT2D eigenvalue weighted by Gasteiger charge is 2.19. The first-order chi connectivity index (χ1) is 18.0. The van der Waals surface area contributed by atoms with Crippen LogP contribution in [0.25, 0.3) is 0 Å². The van der Waals surface area contributed by atoms with Crippen molar-refractivity contribution in [3.05, 3.63) is 29.8 Å². The van der Waals surface area contributed by atoms with Gasteiger partial charge in [0.25, 0.3) is 0 Å². The van der Waals surface area contributed by atoms with E-state index in [0.717, 1.165) is 0 Å². The number of hydrogen-bond donors (Lipinski definition) is 7. The van der Waals surface area contributed by atoms with Crippen molar-refractivity contribution in [3.8, 4) is 0 Å². The first kappa shape index (κ1) is 31.3. The van der Waals surface area contributed by atoms with Gasteiger partial charge >= 0.3 is 0 Å². The SMILES string of the molecule is Cc1c(N)c(NCCO)nc(NCCO)c1N=Nc1ccc(S(=O)(=O)CCN(CC(C)O)CC(C)O)cc1. The highest BCUT2D eigenvalue weighted by atomic mass is 32.2. The van der Waals surface area contributed by atoms with Gasteiger partial charge in [0.05, 0.1) is 47.4 Å². The van der Waals surface area contributed by atoms with Crippen molar-refractivity contribution in [1.29, 1.82) is 0 Å². The van der Waals surface area contributed by atoms with Crippen molar-refractivity contribution in [1.82, 2.24) is 9.88 Å². The maximum absolute atomic E-state index is 12.9. The number of hydrogen-bond acceptors (Lipinski definition) is 13. The number of anilines is 3. The highest BCUT2D eigenvalue weighted by Crippen LogP contribution is 2.36. The quantitative estimate of drug-likeness (QED) is 0.146. The van der Waals surface area contributed by atoms with Crippen molar-refractivity contribution in [3.63, 3.8) is 0 Å². The minimum absolute atomic E-state index is 0.102. The van der Waals surface area contributed by atoms with Crippen LogP contribution in [0.4, 0.5) is 28.7 Å². The lowest BCUT2D eigenvalue weighted by Crippen LogP contribution is -2.39. The lowest BCUT2D eigenvalue weighted by Gasteiger charge is -2.24. The number of benzene rings is 1. The van der Waals surface area contributed by atoms with Gasteiger partial charge in [-0.1, -0.05) is 0 Å². The normalized spacial score (nSPS) is 13.7. The largest absolute Gasteiger partial charge is 0.395 e. The summed E-state index contributed by atoms with van der Waals surface area (Å²) in [6.45, 7) is 5.88. The van der Waals surface area contributed by atoms with E-state index >= 15 is 0 Å². The van der Waals surface area contributed by atoms with Crippen LogP contribution < -0.4 is 16.4 Å². The summed E-state index contributed by atoms with van der Waals surface area (Å²) in [6, 6.07) is 5.96. The van der Waals surface area contributed by atoms with E-state index < -0.39 is 22.0 Å². The fourth-order valence-electron chi connectivity index (χ4n) is 3.64. The number of aliphatic hydroxyl groups excluding tert-OH is 4. The number of aliphatic hydroxyl groups is 4. The topological polar surface area (TPSA) is 206 Å². The average molecular weight is 554 g/mol. The molecule has 0 aliphatic heterocycles. The van der Waals surface area contributed by atoms with Crippen LogP contribution in [0.3, 0.4) is 0 Å². The molecule has 0 aliphatic rings. The van der Waals surface area contributed by atoms with Gasteiger partial charge < -0.3 is 36.8 Å². The van der Waals surface area contributed by atoms with Crippen LogP contribution in [0.1, 0.15) is 19.4 Å². The van der Waals surface area contributed by atoms with Crippen LogP contribution in [0.5, 0.6) is 0 Å². The van der Waals surface area contributed by atoms with Crippen LogP contribution in [0.2, 0.25) is 0 Å². The monoisotopic (exact) mass is 553 g/mol. The number of aromatic nitrogens is 1. The molecule has 1 heterocycles. The molecule has 1 aromatic carbocycles. The molecule has 38 heavy (non-hydrogen) atoms. The summed E-state index contributed by atoms with van der Waals surface area (Å²) < 4.78 is 25.7. The summed E-state index contributed by atoms with van der Waals surface area (Å²) in [7, 11) is -3.61. The Morgan fingerprint density at radius 3 is 2.05 bits per heavy atom. The zero-order chi connectivity index (χ0) is 28.3. The fourth-order valence-corrected chi connectivity index (χ4v) is 4.92. The van der Waals surface area contributed by atoms with Gasteiger partial charge in [0.15, 0.2) is 21.5 Å². The molecule has 0 aliphatic carbocycles. The second-order valence-electron chi connectivity index (χ2n) is 8.97. The molecular formula is C24H39N7O6S. The van der Waals surface area contributed by atoms with Gasteiger partial charge in [-0.15, -0.1) is 5.11 Å². The van der Waals surface area contributed by atoms with Gasteiger partial charge in [0.2, 0.25) is 0 Å². The number of pyridine rings is 1. The van der Waals surface area contributed by atoms with Crippen LogP contribution in [0, 0.1) is 6.92 Å². The van der Waals surface area contributed by atoms with Crippen molar-refractivity contribution < 1.29 is 28.8 Å². The Morgan fingerprint density at radius 2 is 1.53 bits per heavy atom. The molecule has 13 nitrogen and oxygen atoms in total. The summed E-state index contributed by atoms with van der Waals surface area (Å²) in [5.41, 5.74) is 7.87. The van der Waals surface area contributed by atoms with Gasteiger partial charge in [-0.3, -0.25) is 4.90 Å². The third kappa shape index (κ3) is 9.45. The minimum Gasteiger partial charge on any atom is -0.395 e. The molecule has 2 unspecified atom stereocenters. The number of azo groups is 1. The second kappa shape index (κ2) is 14.9. The van der Waals surface area contributed by atoms with Crippen LogP contribution >= 0.6 is 0 Å². The summed E-state index contributed by atoms with van der Waals surface area (Å²) in [6.07, 6.45) is -1.30. The Bertz CT molecular complexity index is 1150. The van der Waals surface area contributed by atoms with Crippen LogP contribution in [-0.2, 0) is 9.84 Å². The zero-order valence-electron chi connectivity index (χ0n) is 22.0.